The number of carbonyl (C=O) groups is 1. The lowest BCUT2D eigenvalue weighted by Crippen LogP contribution is -2.39. The fourth-order valence-electron chi connectivity index (χ4n) is 6.71. The van der Waals surface area contributed by atoms with Crippen LogP contribution in [0.3, 0.4) is 0 Å². The van der Waals surface area contributed by atoms with Gasteiger partial charge in [0.1, 0.15) is 0 Å². The molecule has 1 aromatic heterocycles. The Balaban J connectivity index is 1.50. The van der Waals surface area contributed by atoms with Crippen LogP contribution in [0, 0.1) is 20.8 Å². The maximum atomic E-state index is 14.1. The van der Waals surface area contributed by atoms with Crippen molar-refractivity contribution in [2.75, 3.05) is 33.9 Å². The number of pyridine rings is 1. The van der Waals surface area contributed by atoms with Gasteiger partial charge in [0.05, 0.1) is 25.3 Å². The fraction of sp³-hybridized carbons (Fsp3) is 0.576. The lowest BCUT2D eigenvalue weighted by molar-refractivity contribution is -0.0707. The van der Waals surface area contributed by atoms with Crippen LogP contribution in [0.2, 0.25) is 0 Å². The number of aromatic nitrogens is 1. The Labute approximate surface area is 243 Å². The number of benzene rings is 1. The number of aryl methyl sites for hydroxylation is 2. The van der Waals surface area contributed by atoms with E-state index in [2.05, 4.69) is 37.0 Å². The van der Waals surface area contributed by atoms with Crippen LogP contribution in [0.5, 0.6) is 11.5 Å². The summed E-state index contributed by atoms with van der Waals surface area (Å²) in [4.78, 5) is 33.9. The Kier molecular flexibility index (Phi) is 8.35. The highest BCUT2D eigenvalue weighted by Gasteiger charge is 2.43. The molecule has 0 spiro atoms. The van der Waals surface area contributed by atoms with E-state index in [1.54, 1.807) is 4.90 Å². The second-order valence-corrected chi connectivity index (χ2v) is 12.2. The fourth-order valence-corrected chi connectivity index (χ4v) is 6.71. The molecule has 0 bridgehead atoms. The summed E-state index contributed by atoms with van der Waals surface area (Å²) in [6.45, 7) is 12.0. The third kappa shape index (κ3) is 5.69. The van der Waals surface area contributed by atoms with Gasteiger partial charge in [-0.05, 0) is 89.7 Å². The number of rotatable bonds is 9. The van der Waals surface area contributed by atoms with Crippen LogP contribution in [0.1, 0.15) is 89.8 Å². The third-order valence-corrected chi connectivity index (χ3v) is 9.02. The average Bonchev–Trinajstić information content (AvgIpc) is 3.27. The van der Waals surface area contributed by atoms with E-state index in [9.17, 15) is 9.59 Å². The molecule has 3 aliphatic heterocycles. The van der Waals surface area contributed by atoms with Crippen molar-refractivity contribution < 1.29 is 19.0 Å². The van der Waals surface area contributed by atoms with E-state index >= 15 is 0 Å². The number of ether oxygens (including phenoxy) is 3. The first kappa shape index (κ1) is 29.4. The molecule has 0 saturated heterocycles. The zero-order valence-corrected chi connectivity index (χ0v) is 25.7. The molecule has 2 atom stereocenters. The molecular weight excluding hydrogens is 518 g/mol. The number of amides is 1. The van der Waals surface area contributed by atoms with E-state index in [1.807, 2.05) is 33.8 Å². The van der Waals surface area contributed by atoms with Gasteiger partial charge in [0.25, 0.3) is 11.5 Å². The molecule has 8 nitrogen and oxygen atoms in total. The van der Waals surface area contributed by atoms with Gasteiger partial charge in [0, 0.05) is 48.3 Å². The number of aromatic amines is 1. The van der Waals surface area contributed by atoms with Gasteiger partial charge >= 0.3 is 0 Å². The first-order chi connectivity index (χ1) is 19.5. The van der Waals surface area contributed by atoms with Crippen molar-refractivity contribution in [3.05, 3.63) is 61.6 Å². The van der Waals surface area contributed by atoms with Gasteiger partial charge in [-0.2, -0.15) is 0 Å². The summed E-state index contributed by atoms with van der Waals surface area (Å²) < 4.78 is 19.0. The molecule has 222 valence electrons. The second kappa shape index (κ2) is 11.6. The van der Waals surface area contributed by atoms with Gasteiger partial charge in [-0.25, -0.2) is 0 Å². The summed E-state index contributed by atoms with van der Waals surface area (Å²) in [6.07, 6.45) is 7.47. The van der Waals surface area contributed by atoms with Gasteiger partial charge in [-0.15, -0.1) is 0 Å². The van der Waals surface area contributed by atoms with Gasteiger partial charge in [0.2, 0.25) is 5.79 Å². The molecule has 5 rings (SSSR count). The summed E-state index contributed by atoms with van der Waals surface area (Å²) in [7, 11) is 4.26. The van der Waals surface area contributed by atoms with Crippen molar-refractivity contribution >= 4 is 11.5 Å². The molecule has 41 heavy (non-hydrogen) atoms. The minimum absolute atomic E-state index is 0.0613. The van der Waals surface area contributed by atoms with Crippen LogP contribution in [0.4, 0.5) is 0 Å². The zero-order chi connectivity index (χ0) is 29.5. The number of carbonyl (C=O) groups excluding carboxylic acids is 1. The molecule has 0 aliphatic carbocycles. The molecule has 0 saturated carbocycles. The predicted molar refractivity (Wildman–Crippen MR) is 161 cm³/mol. The largest absolute Gasteiger partial charge is 0.448 e. The van der Waals surface area contributed by atoms with Crippen molar-refractivity contribution in [2.24, 2.45) is 0 Å². The maximum Gasteiger partial charge on any atom is 0.254 e. The van der Waals surface area contributed by atoms with Crippen molar-refractivity contribution in [1.82, 2.24) is 14.8 Å². The highest BCUT2D eigenvalue weighted by Crippen LogP contribution is 2.52. The molecule has 2 aromatic rings. The SMILES string of the molecule is CCC(CCCC1(C)Oc2c(C)c3c(c(C4=CCOCC4)c2O1)CCN(Cc1c(C)cc(C)[nH]c1=O)C3=O)N(C)C. The van der Waals surface area contributed by atoms with Crippen LogP contribution < -0.4 is 15.0 Å². The molecule has 1 amide bonds. The first-order valence-corrected chi connectivity index (χ1v) is 15.0. The zero-order valence-electron chi connectivity index (χ0n) is 25.7. The minimum Gasteiger partial charge on any atom is -0.448 e. The number of fused-ring (bicyclic) bond motifs is 2. The molecule has 4 heterocycles. The summed E-state index contributed by atoms with van der Waals surface area (Å²) in [5.74, 6) is 0.585. The lowest BCUT2D eigenvalue weighted by atomic mass is 9.84. The highest BCUT2D eigenvalue weighted by atomic mass is 16.7. The van der Waals surface area contributed by atoms with Crippen LogP contribution in [-0.4, -0.2) is 66.4 Å². The standard InChI is InChI=1S/C33H45N3O5/c1-8-24(35(6)7)10-9-14-33(5)40-29-22(4)27-25(28(30(29)41-33)23-12-16-39-17-13-23)11-15-36(32(27)38)19-26-20(2)18-21(3)34-31(26)37/h12,18,24H,8-11,13-17,19H2,1-7H3,(H,34,37). The van der Waals surface area contributed by atoms with Crippen molar-refractivity contribution in [3.63, 3.8) is 0 Å². The summed E-state index contributed by atoms with van der Waals surface area (Å²) in [5, 5.41) is 0. The average molecular weight is 564 g/mol. The first-order valence-electron chi connectivity index (χ1n) is 15.0. The number of nitrogens with zero attached hydrogens (tertiary/aromatic N) is 2. The Morgan fingerprint density at radius 2 is 1.85 bits per heavy atom. The minimum atomic E-state index is -0.794. The van der Waals surface area contributed by atoms with Crippen molar-refractivity contribution in [3.8, 4) is 11.5 Å². The van der Waals surface area contributed by atoms with E-state index in [4.69, 9.17) is 14.2 Å². The molecule has 8 heteroatoms. The molecule has 2 unspecified atom stereocenters. The summed E-state index contributed by atoms with van der Waals surface area (Å²) in [6, 6.07) is 2.48. The van der Waals surface area contributed by atoms with Crippen LogP contribution >= 0.6 is 0 Å². The number of H-pyrrole nitrogens is 1. The smallest absolute Gasteiger partial charge is 0.254 e. The monoisotopic (exact) mass is 563 g/mol. The normalized spacial score (nSPS) is 20.8. The Bertz CT molecular complexity index is 1430. The van der Waals surface area contributed by atoms with E-state index in [0.29, 0.717) is 49.1 Å². The number of hydrogen-bond donors (Lipinski definition) is 1. The highest BCUT2D eigenvalue weighted by molar-refractivity contribution is 6.01. The molecule has 0 fully saturated rings. The molecular formula is C33H45N3O5. The Morgan fingerprint density at radius 1 is 1.10 bits per heavy atom. The lowest BCUT2D eigenvalue weighted by Gasteiger charge is -2.32. The van der Waals surface area contributed by atoms with Gasteiger partial charge in [-0.3, -0.25) is 9.59 Å². The van der Waals surface area contributed by atoms with E-state index in [0.717, 1.165) is 71.4 Å². The van der Waals surface area contributed by atoms with Gasteiger partial charge in [-0.1, -0.05) is 13.0 Å². The van der Waals surface area contributed by atoms with Crippen LogP contribution in [-0.2, 0) is 17.7 Å². The van der Waals surface area contributed by atoms with E-state index in [-0.39, 0.29) is 18.0 Å². The van der Waals surface area contributed by atoms with E-state index in [1.165, 1.54) is 0 Å². The Morgan fingerprint density at radius 3 is 2.51 bits per heavy atom. The quantitative estimate of drug-likeness (QED) is 0.446. The van der Waals surface area contributed by atoms with Crippen molar-refractivity contribution in [2.45, 2.75) is 91.5 Å². The number of hydrogen-bond acceptors (Lipinski definition) is 6. The second-order valence-electron chi connectivity index (χ2n) is 12.2. The molecule has 1 aromatic carbocycles. The molecule has 3 aliphatic rings. The summed E-state index contributed by atoms with van der Waals surface area (Å²) in [5.41, 5.74) is 6.91. The van der Waals surface area contributed by atoms with Gasteiger partial charge < -0.3 is 29.0 Å². The number of nitrogens with one attached hydrogen (secondary N) is 1. The van der Waals surface area contributed by atoms with Crippen LogP contribution in [0.15, 0.2) is 16.9 Å². The summed E-state index contributed by atoms with van der Waals surface area (Å²) >= 11 is 0. The molecule has 0 radical (unpaired) electrons. The van der Waals surface area contributed by atoms with E-state index < -0.39 is 5.79 Å². The third-order valence-electron chi connectivity index (χ3n) is 9.02. The molecule has 1 N–H and O–H groups in total. The van der Waals surface area contributed by atoms with Gasteiger partial charge in [0.15, 0.2) is 11.5 Å². The van der Waals surface area contributed by atoms with Crippen molar-refractivity contribution in [1.29, 1.82) is 0 Å². The topological polar surface area (TPSA) is 84.1 Å². The Hall–Kier alpha value is -3.10. The predicted octanol–water partition coefficient (Wildman–Crippen LogP) is 5.30. The maximum absolute atomic E-state index is 14.1. The van der Waals surface area contributed by atoms with Crippen LogP contribution in [0.25, 0.3) is 5.57 Å².